The van der Waals surface area contributed by atoms with Crippen molar-refractivity contribution < 1.29 is 9.84 Å². The van der Waals surface area contributed by atoms with Gasteiger partial charge in [0.2, 0.25) is 0 Å². The second-order valence-electron chi connectivity index (χ2n) is 5.44. The van der Waals surface area contributed by atoms with E-state index in [2.05, 4.69) is 9.97 Å². The lowest BCUT2D eigenvalue weighted by atomic mass is 9.83. The molecule has 0 aromatic carbocycles. The Morgan fingerprint density at radius 3 is 2.60 bits per heavy atom. The maximum atomic E-state index is 12.2. The average Bonchev–Trinajstić information content (AvgIpc) is 2.44. The van der Waals surface area contributed by atoms with Gasteiger partial charge in [0.05, 0.1) is 0 Å². The Labute approximate surface area is 119 Å². The minimum atomic E-state index is -0.436. The van der Waals surface area contributed by atoms with Gasteiger partial charge in [0.1, 0.15) is 11.4 Å². The second-order valence-corrected chi connectivity index (χ2v) is 5.44. The molecule has 0 spiro atoms. The van der Waals surface area contributed by atoms with Crippen molar-refractivity contribution in [3.63, 3.8) is 0 Å². The van der Waals surface area contributed by atoms with Gasteiger partial charge in [0.25, 0.3) is 5.56 Å². The van der Waals surface area contributed by atoms with E-state index in [1.165, 1.54) is 6.42 Å². The van der Waals surface area contributed by atoms with Crippen molar-refractivity contribution in [3.8, 4) is 0 Å². The van der Waals surface area contributed by atoms with Crippen molar-refractivity contribution >= 4 is 0 Å². The lowest BCUT2D eigenvalue weighted by Crippen LogP contribution is -2.37. The topological polar surface area (TPSA) is 75.2 Å². The van der Waals surface area contributed by atoms with Crippen molar-refractivity contribution in [1.82, 2.24) is 9.97 Å². The molecular formula is C15H24N2O3. The fourth-order valence-corrected chi connectivity index (χ4v) is 3.08. The molecule has 5 nitrogen and oxygen atoms in total. The third-order valence-corrected chi connectivity index (χ3v) is 4.10. The van der Waals surface area contributed by atoms with E-state index in [-0.39, 0.29) is 12.2 Å². The lowest BCUT2D eigenvalue weighted by molar-refractivity contribution is -0.0769. The number of nitrogens with zero attached hydrogens (tertiary/aromatic N) is 1. The van der Waals surface area contributed by atoms with Gasteiger partial charge >= 0.3 is 0 Å². The number of aryl methyl sites for hydroxylation is 1. The van der Waals surface area contributed by atoms with Crippen LogP contribution in [-0.2, 0) is 16.8 Å². The van der Waals surface area contributed by atoms with Crippen LogP contribution in [-0.4, -0.2) is 28.3 Å². The van der Waals surface area contributed by atoms with E-state index in [0.717, 1.165) is 25.7 Å². The van der Waals surface area contributed by atoms with Crippen LogP contribution in [0.4, 0.5) is 0 Å². The summed E-state index contributed by atoms with van der Waals surface area (Å²) in [5.41, 5.74) is 0.682. The zero-order chi connectivity index (χ0) is 14.6. The molecule has 1 heterocycles. The summed E-state index contributed by atoms with van der Waals surface area (Å²) in [6.07, 6.45) is 5.56. The van der Waals surface area contributed by atoms with Crippen molar-refractivity contribution in [2.45, 2.75) is 58.0 Å². The molecule has 1 aliphatic carbocycles. The van der Waals surface area contributed by atoms with E-state index in [1.807, 2.05) is 13.8 Å². The SMILES string of the molecule is CCOC1(c2nc(C)c(CCO)c(=O)[nH]2)CCCCC1. The maximum Gasteiger partial charge on any atom is 0.254 e. The van der Waals surface area contributed by atoms with Crippen LogP contribution in [0.5, 0.6) is 0 Å². The predicted octanol–water partition coefficient (Wildman–Crippen LogP) is 1.81. The third-order valence-electron chi connectivity index (χ3n) is 4.10. The summed E-state index contributed by atoms with van der Waals surface area (Å²) in [4.78, 5) is 19.6. The minimum Gasteiger partial charge on any atom is -0.396 e. The fraction of sp³-hybridized carbons (Fsp3) is 0.733. The van der Waals surface area contributed by atoms with Crippen LogP contribution in [0.3, 0.4) is 0 Å². The molecule has 0 atom stereocenters. The van der Waals surface area contributed by atoms with Crippen LogP contribution < -0.4 is 5.56 Å². The molecular weight excluding hydrogens is 256 g/mol. The normalized spacial score (nSPS) is 18.1. The Hall–Kier alpha value is -1.20. The number of H-pyrrole nitrogens is 1. The van der Waals surface area contributed by atoms with Gasteiger partial charge in [-0.1, -0.05) is 19.3 Å². The van der Waals surface area contributed by atoms with E-state index in [9.17, 15) is 4.79 Å². The van der Waals surface area contributed by atoms with Crippen molar-refractivity contribution in [3.05, 3.63) is 27.4 Å². The molecule has 0 amide bonds. The van der Waals surface area contributed by atoms with Crippen LogP contribution in [0.15, 0.2) is 4.79 Å². The summed E-state index contributed by atoms with van der Waals surface area (Å²) in [6.45, 7) is 4.37. The molecule has 2 N–H and O–H groups in total. The fourth-order valence-electron chi connectivity index (χ4n) is 3.08. The molecule has 1 aliphatic rings. The van der Waals surface area contributed by atoms with Crippen LogP contribution in [0.1, 0.15) is 56.1 Å². The first-order valence-corrected chi connectivity index (χ1v) is 7.48. The van der Waals surface area contributed by atoms with E-state index in [4.69, 9.17) is 9.84 Å². The van der Waals surface area contributed by atoms with Crippen LogP contribution in [0, 0.1) is 6.92 Å². The highest BCUT2D eigenvalue weighted by Gasteiger charge is 2.37. The number of hydrogen-bond donors (Lipinski definition) is 2. The zero-order valence-corrected chi connectivity index (χ0v) is 12.4. The van der Waals surface area contributed by atoms with Gasteiger partial charge < -0.3 is 14.8 Å². The molecule has 0 bridgehead atoms. The van der Waals surface area contributed by atoms with Gasteiger partial charge in [-0.15, -0.1) is 0 Å². The Kier molecular flexibility index (Phi) is 4.94. The van der Waals surface area contributed by atoms with Crippen LogP contribution in [0.2, 0.25) is 0 Å². The molecule has 0 saturated heterocycles. The van der Waals surface area contributed by atoms with Gasteiger partial charge in [0.15, 0.2) is 0 Å². The van der Waals surface area contributed by atoms with Gasteiger partial charge in [-0.3, -0.25) is 4.79 Å². The number of aliphatic hydroxyl groups excluding tert-OH is 1. The third kappa shape index (κ3) is 2.94. The van der Waals surface area contributed by atoms with Crippen LogP contribution >= 0.6 is 0 Å². The first kappa shape index (κ1) is 15.2. The molecule has 1 aromatic rings. The number of nitrogens with one attached hydrogen (secondary N) is 1. The Balaban J connectivity index is 2.41. The number of rotatable bonds is 5. The highest BCUT2D eigenvalue weighted by molar-refractivity contribution is 5.19. The summed E-state index contributed by atoms with van der Waals surface area (Å²) in [7, 11) is 0. The molecule has 1 aromatic heterocycles. The van der Waals surface area contributed by atoms with Gasteiger partial charge in [-0.05, 0) is 26.7 Å². The van der Waals surface area contributed by atoms with Crippen molar-refractivity contribution in [2.75, 3.05) is 13.2 Å². The number of aromatic nitrogens is 2. The van der Waals surface area contributed by atoms with Crippen molar-refractivity contribution in [2.24, 2.45) is 0 Å². The largest absolute Gasteiger partial charge is 0.396 e. The smallest absolute Gasteiger partial charge is 0.254 e. The average molecular weight is 280 g/mol. The van der Waals surface area contributed by atoms with E-state index in [0.29, 0.717) is 30.1 Å². The Bertz CT molecular complexity index is 499. The molecule has 2 rings (SSSR count). The highest BCUT2D eigenvalue weighted by atomic mass is 16.5. The second kappa shape index (κ2) is 6.50. The molecule has 112 valence electrons. The Morgan fingerprint density at radius 1 is 1.35 bits per heavy atom. The van der Waals surface area contributed by atoms with Gasteiger partial charge in [0, 0.05) is 30.9 Å². The Morgan fingerprint density at radius 2 is 2.05 bits per heavy atom. The highest BCUT2D eigenvalue weighted by Crippen LogP contribution is 2.38. The predicted molar refractivity (Wildman–Crippen MR) is 76.8 cm³/mol. The number of hydrogen-bond acceptors (Lipinski definition) is 4. The standard InChI is InChI=1S/C15H24N2O3/c1-3-20-15(8-5-4-6-9-15)14-16-11(2)12(7-10-18)13(19)17-14/h18H,3-10H2,1-2H3,(H,16,17,19). The monoisotopic (exact) mass is 280 g/mol. The van der Waals surface area contributed by atoms with E-state index < -0.39 is 5.60 Å². The van der Waals surface area contributed by atoms with E-state index >= 15 is 0 Å². The molecule has 20 heavy (non-hydrogen) atoms. The maximum absolute atomic E-state index is 12.2. The summed E-state index contributed by atoms with van der Waals surface area (Å²) in [5.74, 6) is 0.656. The molecule has 5 heteroatoms. The van der Waals surface area contributed by atoms with E-state index in [1.54, 1.807) is 0 Å². The first-order valence-electron chi connectivity index (χ1n) is 7.48. The molecule has 1 saturated carbocycles. The number of ether oxygens (including phenoxy) is 1. The van der Waals surface area contributed by atoms with Gasteiger partial charge in [-0.2, -0.15) is 0 Å². The van der Waals surface area contributed by atoms with Crippen molar-refractivity contribution in [1.29, 1.82) is 0 Å². The summed E-state index contributed by atoms with van der Waals surface area (Å²) < 4.78 is 5.98. The first-order chi connectivity index (χ1) is 9.63. The summed E-state index contributed by atoms with van der Waals surface area (Å²) >= 11 is 0. The molecule has 1 fully saturated rings. The molecule has 0 radical (unpaired) electrons. The zero-order valence-electron chi connectivity index (χ0n) is 12.4. The molecule has 0 unspecified atom stereocenters. The quantitative estimate of drug-likeness (QED) is 0.862. The summed E-state index contributed by atoms with van der Waals surface area (Å²) in [6, 6.07) is 0. The number of aromatic amines is 1. The summed E-state index contributed by atoms with van der Waals surface area (Å²) in [5, 5.41) is 9.02. The number of aliphatic hydroxyl groups is 1. The van der Waals surface area contributed by atoms with Gasteiger partial charge in [-0.25, -0.2) is 4.98 Å². The minimum absolute atomic E-state index is 0.0401. The lowest BCUT2D eigenvalue weighted by Gasteiger charge is -2.36. The molecule has 0 aliphatic heterocycles. The van der Waals surface area contributed by atoms with Crippen LogP contribution in [0.25, 0.3) is 0 Å².